The Labute approximate surface area is 108 Å². The SMILES string of the molecule is COCCCOC(=O)C(NC(C)=O)C1CCCC1. The Balaban J connectivity index is 2.42. The first-order valence-electron chi connectivity index (χ1n) is 6.58. The minimum Gasteiger partial charge on any atom is -0.464 e. The summed E-state index contributed by atoms with van der Waals surface area (Å²) >= 11 is 0. The third kappa shape index (κ3) is 5.04. The lowest BCUT2D eigenvalue weighted by atomic mass is 9.98. The molecule has 0 spiro atoms. The van der Waals surface area contributed by atoms with Gasteiger partial charge in [-0.1, -0.05) is 12.8 Å². The molecule has 0 aromatic rings. The smallest absolute Gasteiger partial charge is 0.328 e. The van der Waals surface area contributed by atoms with E-state index in [1.165, 1.54) is 6.92 Å². The molecular weight excluding hydrogens is 234 g/mol. The third-order valence-electron chi connectivity index (χ3n) is 3.22. The molecule has 0 heterocycles. The fraction of sp³-hybridized carbons (Fsp3) is 0.846. The third-order valence-corrected chi connectivity index (χ3v) is 3.22. The molecule has 1 unspecified atom stereocenters. The molecule has 1 saturated carbocycles. The molecule has 1 rings (SSSR count). The number of hydrogen-bond acceptors (Lipinski definition) is 4. The molecule has 1 amide bonds. The van der Waals surface area contributed by atoms with E-state index in [1.54, 1.807) is 7.11 Å². The summed E-state index contributed by atoms with van der Waals surface area (Å²) in [6.45, 7) is 2.34. The molecule has 1 N–H and O–H groups in total. The average Bonchev–Trinajstić information content (AvgIpc) is 2.84. The second-order valence-electron chi connectivity index (χ2n) is 4.74. The molecule has 104 valence electrons. The van der Waals surface area contributed by atoms with Crippen LogP contribution in [0.4, 0.5) is 0 Å². The number of carbonyl (C=O) groups excluding carboxylic acids is 2. The normalized spacial score (nSPS) is 17.4. The van der Waals surface area contributed by atoms with Gasteiger partial charge in [0.15, 0.2) is 0 Å². The summed E-state index contributed by atoms with van der Waals surface area (Å²) in [4.78, 5) is 23.1. The summed E-state index contributed by atoms with van der Waals surface area (Å²) in [5, 5.41) is 2.72. The van der Waals surface area contributed by atoms with Crippen molar-refractivity contribution < 1.29 is 19.1 Å². The topological polar surface area (TPSA) is 64.6 Å². The molecule has 0 bridgehead atoms. The van der Waals surface area contributed by atoms with E-state index in [4.69, 9.17) is 9.47 Å². The van der Waals surface area contributed by atoms with Gasteiger partial charge in [0.05, 0.1) is 6.61 Å². The van der Waals surface area contributed by atoms with Crippen LogP contribution in [0, 0.1) is 5.92 Å². The quantitative estimate of drug-likeness (QED) is 0.551. The van der Waals surface area contributed by atoms with E-state index in [1.807, 2.05) is 0 Å². The fourth-order valence-electron chi connectivity index (χ4n) is 2.34. The van der Waals surface area contributed by atoms with Crippen LogP contribution in [0.3, 0.4) is 0 Å². The average molecular weight is 257 g/mol. The molecule has 0 aromatic carbocycles. The van der Waals surface area contributed by atoms with Crippen molar-refractivity contribution >= 4 is 11.9 Å². The molecule has 1 atom stereocenters. The van der Waals surface area contributed by atoms with Crippen LogP contribution >= 0.6 is 0 Å². The van der Waals surface area contributed by atoms with E-state index >= 15 is 0 Å². The van der Waals surface area contributed by atoms with Crippen molar-refractivity contribution in [2.75, 3.05) is 20.3 Å². The van der Waals surface area contributed by atoms with Gasteiger partial charge in [-0.15, -0.1) is 0 Å². The highest BCUT2D eigenvalue weighted by atomic mass is 16.5. The highest BCUT2D eigenvalue weighted by Crippen LogP contribution is 2.28. The molecule has 0 saturated heterocycles. The van der Waals surface area contributed by atoms with Crippen molar-refractivity contribution in [3.05, 3.63) is 0 Å². The van der Waals surface area contributed by atoms with Crippen molar-refractivity contribution in [1.29, 1.82) is 0 Å². The van der Waals surface area contributed by atoms with Crippen LogP contribution in [-0.2, 0) is 19.1 Å². The summed E-state index contributed by atoms with van der Waals surface area (Å²) in [5.74, 6) is -0.266. The van der Waals surface area contributed by atoms with Gasteiger partial charge in [-0.25, -0.2) is 4.79 Å². The lowest BCUT2D eigenvalue weighted by molar-refractivity contribution is -0.149. The molecular formula is C13H23NO4. The zero-order valence-electron chi connectivity index (χ0n) is 11.2. The number of rotatable bonds is 7. The number of esters is 1. The van der Waals surface area contributed by atoms with Crippen molar-refractivity contribution in [3.63, 3.8) is 0 Å². The minimum atomic E-state index is -0.479. The maximum Gasteiger partial charge on any atom is 0.328 e. The van der Waals surface area contributed by atoms with Crippen LogP contribution in [-0.4, -0.2) is 38.2 Å². The van der Waals surface area contributed by atoms with Crippen LogP contribution in [0.15, 0.2) is 0 Å². The molecule has 0 radical (unpaired) electrons. The van der Waals surface area contributed by atoms with Crippen LogP contribution in [0.1, 0.15) is 39.0 Å². The Morgan fingerprint density at radius 3 is 2.50 bits per heavy atom. The Bertz CT molecular complexity index is 274. The van der Waals surface area contributed by atoms with Gasteiger partial charge in [0, 0.05) is 27.1 Å². The number of ether oxygens (including phenoxy) is 2. The summed E-state index contributed by atoms with van der Waals surface area (Å²) < 4.78 is 10.1. The van der Waals surface area contributed by atoms with Gasteiger partial charge in [0.2, 0.25) is 5.91 Å². The monoisotopic (exact) mass is 257 g/mol. The van der Waals surface area contributed by atoms with Crippen molar-refractivity contribution in [1.82, 2.24) is 5.32 Å². The number of carbonyl (C=O) groups is 2. The Kier molecular flexibility index (Phi) is 6.72. The number of amides is 1. The highest BCUT2D eigenvalue weighted by molar-refractivity contribution is 5.83. The van der Waals surface area contributed by atoms with E-state index in [-0.39, 0.29) is 17.8 Å². The lowest BCUT2D eigenvalue weighted by Gasteiger charge is -2.22. The van der Waals surface area contributed by atoms with E-state index in [0.29, 0.717) is 19.6 Å². The first kappa shape index (κ1) is 15.0. The zero-order valence-corrected chi connectivity index (χ0v) is 11.2. The second-order valence-corrected chi connectivity index (χ2v) is 4.74. The van der Waals surface area contributed by atoms with E-state index in [9.17, 15) is 9.59 Å². The van der Waals surface area contributed by atoms with Crippen molar-refractivity contribution in [2.45, 2.75) is 45.1 Å². The Morgan fingerprint density at radius 1 is 1.28 bits per heavy atom. The first-order chi connectivity index (χ1) is 8.65. The van der Waals surface area contributed by atoms with Crippen LogP contribution in [0.2, 0.25) is 0 Å². The zero-order chi connectivity index (χ0) is 13.4. The van der Waals surface area contributed by atoms with Crippen LogP contribution < -0.4 is 5.32 Å². The molecule has 5 nitrogen and oxygen atoms in total. The minimum absolute atomic E-state index is 0.180. The predicted molar refractivity (Wildman–Crippen MR) is 67.0 cm³/mol. The molecule has 0 aromatic heterocycles. The van der Waals surface area contributed by atoms with Crippen molar-refractivity contribution in [3.8, 4) is 0 Å². The Hall–Kier alpha value is -1.10. The number of nitrogens with one attached hydrogen (secondary N) is 1. The van der Waals surface area contributed by atoms with E-state index in [2.05, 4.69) is 5.32 Å². The van der Waals surface area contributed by atoms with Gasteiger partial charge in [-0.05, 0) is 18.8 Å². The Morgan fingerprint density at radius 2 is 1.94 bits per heavy atom. The summed E-state index contributed by atoms with van der Waals surface area (Å²) in [7, 11) is 1.61. The fourth-order valence-corrected chi connectivity index (χ4v) is 2.34. The maximum atomic E-state index is 12.0. The largest absolute Gasteiger partial charge is 0.464 e. The molecule has 1 aliphatic carbocycles. The predicted octanol–water partition coefficient (Wildman–Crippen LogP) is 1.26. The second kappa shape index (κ2) is 8.08. The summed E-state index contributed by atoms with van der Waals surface area (Å²) in [5.41, 5.74) is 0. The first-order valence-corrected chi connectivity index (χ1v) is 6.58. The maximum absolute atomic E-state index is 12.0. The molecule has 1 aliphatic rings. The van der Waals surface area contributed by atoms with E-state index in [0.717, 1.165) is 25.7 Å². The van der Waals surface area contributed by atoms with Gasteiger partial charge in [-0.3, -0.25) is 4.79 Å². The molecule has 18 heavy (non-hydrogen) atoms. The standard InChI is InChI=1S/C13H23NO4/c1-10(15)14-12(11-6-3-4-7-11)13(16)18-9-5-8-17-2/h11-12H,3-9H2,1-2H3,(H,14,15). The highest BCUT2D eigenvalue weighted by Gasteiger charge is 2.32. The van der Waals surface area contributed by atoms with Gasteiger partial charge >= 0.3 is 5.97 Å². The van der Waals surface area contributed by atoms with Crippen LogP contribution in [0.25, 0.3) is 0 Å². The molecule has 1 fully saturated rings. The van der Waals surface area contributed by atoms with Crippen molar-refractivity contribution in [2.24, 2.45) is 5.92 Å². The summed E-state index contributed by atoms with van der Waals surface area (Å²) in [6.07, 6.45) is 4.89. The molecule has 0 aliphatic heterocycles. The summed E-state index contributed by atoms with van der Waals surface area (Å²) in [6, 6.07) is -0.479. The number of methoxy groups -OCH3 is 1. The van der Waals surface area contributed by atoms with Gasteiger partial charge in [0.25, 0.3) is 0 Å². The molecule has 5 heteroatoms. The lowest BCUT2D eigenvalue weighted by Crippen LogP contribution is -2.45. The van der Waals surface area contributed by atoms with Gasteiger partial charge < -0.3 is 14.8 Å². The van der Waals surface area contributed by atoms with Gasteiger partial charge in [0.1, 0.15) is 6.04 Å². The van der Waals surface area contributed by atoms with E-state index < -0.39 is 6.04 Å². The number of hydrogen-bond donors (Lipinski definition) is 1. The van der Waals surface area contributed by atoms with Gasteiger partial charge in [-0.2, -0.15) is 0 Å². The van der Waals surface area contributed by atoms with Crippen LogP contribution in [0.5, 0.6) is 0 Å².